The summed E-state index contributed by atoms with van der Waals surface area (Å²) in [7, 11) is 1.75. The fourth-order valence-corrected chi connectivity index (χ4v) is 2.83. The van der Waals surface area contributed by atoms with E-state index in [0.717, 1.165) is 22.9 Å². The molecular formula is C16H20BrNO3. The minimum Gasteiger partial charge on any atom is -0.481 e. The lowest BCUT2D eigenvalue weighted by molar-refractivity contribution is -0.159. The number of hydrogen-bond acceptors (Lipinski definition) is 2. The fraction of sp³-hybridized carbons (Fsp3) is 0.500. The van der Waals surface area contributed by atoms with Crippen LogP contribution in [-0.2, 0) is 16.0 Å². The van der Waals surface area contributed by atoms with Crippen molar-refractivity contribution < 1.29 is 14.7 Å². The van der Waals surface area contributed by atoms with E-state index in [-0.39, 0.29) is 12.3 Å². The summed E-state index contributed by atoms with van der Waals surface area (Å²) in [6, 6.07) is 8.00. The van der Waals surface area contributed by atoms with E-state index in [1.54, 1.807) is 11.9 Å². The molecule has 4 nitrogen and oxygen atoms in total. The van der Waals surface area contributed by atoms with Gasteiger partial charge >= 0.3 is 5.97 Å². The van der Waals surface area contributed by atoms with Crippen molar-refractivity contribution in [3.05, 3.63) is 34.3 Å². The molecule has 1 amide bonds. The normalized spacial score (nSPS) is 16.1. The van der Waals surface area contributed by atoms with Crippen molar-refractivity contribution in [1.29, 1.82) is 0 Å². The van der Waals surface area contributed by atoms with Crippen LogP contribution in [0.4, 0.5) is 0 Å². The van der Waals surface area contributed by atoms with E-state index in [4.69, 9.17) is 0 Å². The van der Waals surface area contributed by atoms with E-state index in [1.807, 2.05) is 24.3 Å². The van der Waals surface area contributed by atoms with Crippen LogP contribution in [0.2, 0.25) is 0 Å². The van der Waals surface area contributed by atoms with Gasteiger partial charge in [0.05, 0.1) is 5.41 Å². The Morgan fingerprint density at radius 3 is 2.38 bits per heavy atom. The van der Waals surface area contributed by atoms with Crippen LogP contribution in [0.5, 0.6) is 0 Å². The molecule has 21 heavy (non-hydrogen) atoms. The molecule has 1 aliphatic carbocycles. The molecule has 2 rings (SSSR count). The van der Waals surface area contributed by atoms with Gasteiger partial charge in [0.25, 0.3) is 0 Å². The first kappa shape index (κ1) is 16.0. The second-order valence-corrected chi connectivity index (χ2v) is 6.72. The van der Waals surface area contributed by atoms with Gasteiger partial charge in [-0.15, -0.1) is 0 Å². The van der Waals surface area contributed by atoms with Gasteiger partial charge in [0.1, 0.15) is 0 Å². The number of likely N-dealkylation sites (N-methyl/N-ethyl adjacent to an activating group) is 1. The van der Waals surface area contributed by atoms with E-state index in [0.29, 0.717) is 19.4 Å². The Hall–Kier alpha value is -1.36. The molecule has 0 saturated heterocycles. The summed E-state index contributed by atoms with van der Waals surface area (Å²) in [5, 5.41) is 9.27. The zero-order valence-corrected chi connectivity index (χ0v) is 13.7. The highest BCUT2D eigenvalue weighted by Gasteiger charge is 2.46. The molecular weight excluding hydrogens is 334 g/mol. The Morgan fingerprint density at radius 2 is 1.90 bits per heavy atom. The third kappa shape index (κ3) is 3.84. The molecule has 0 aliphatic heterocycles. The van der Waals surface area contributed by atoms with Gasteiger partial charge in [-0.1, -0.05) is 34.5 Å². The predicted molar refractivity (Wildman–Crippen MR) is 84.0 cm³/mol. The summed E-state index contributed by atoms with van der Waals surface area (Å²) < 4.78 is 1.03. The largest absolute Gasteiger partial charge is 0.481 e. The number of carboxylic acids is 1. The number of amides is 1. The van der Waals surface area contributed by atoms with Gasteiger partial charge in [-0.2, -0.15) is 0 Å². The number of rotatable bonds is 6. The first-order valence-electron chi connectivity index (χ1n) is 7.15. The average Bonchev–Trinajstić information content (AvgIpc) is 2.41. The standard InChI is InChI=1S/C16H20BrNO3/c1-18(10-7-12-3-5-13(17)6-4-12)14(19)11-16(15(20)21)8-2-9-16/h3-6H,2,7-11H2,1H3,(H,20,21). The highest BCUT2D eigenvalue weighted by atomic mass is 79.9. The lowest BCUT2D eigenvalue weighted by Crippen LogP contribution is -2.43. The molecule has 114 valence electrons. The van der Waals surface area contributed by atoms with Gasteiger partial charge in [-0.25, -0.2) is 0 Å². The third-order valence-corrected chi connectivity index (χ3v) is 4.86. The monoisotopic (exact) mass is 353 g/mol. The molecule has 1 aliphatic rings. The number of carboxylic acid groups (broad SMARTS) is 1. The van der Waals surface area contributed by atoms with Gasteiger partial charge in [-0.3, -0.25) is 9.59 Å². The van der Waals surface area contributed by atoms with Crippen LogP contribution in [0.25, 0.3) is 0 Å². The Morgan fingerprint density at radius 1 is 1.29 bits per heavy atom. The van der Waals surface area contributed by atoms with Gasteiger partial charge in [-0.05, 0) is 37.0 Å². The first-order chi connectivity index (χ1) is 9.93. The van der Waals surface area contributed by atoms with Crippen molar-refractivity contribution in [2.75, 3.05) is 13.6 Å². The number of nitrogens with zero attached hydrogens (tertiary/aromatic N) is 1. The molecule has 5 heteroatoms. The van der Waals surface area contributed by atoms with Crippen molar-refractivity contribution in [1.82, 2.24) is 4.90 Å². The van der Waals surface area contributed by atoms with Gasteiger partial charge < -0.3 is 10.0 Å². The van der Waals surface area contributed by atoms with E-state index in [9.17, 15) is 14.7 Å². The Kier molecular flexibility index (Phi) is 5.04. The minimum absolute atomic E-state index is 0.0748. The zero-order valence-electron chi connectivity index (χ0n) is 12.1. The molecule has 0 atom stereocenters. The number of hydrogen-bond donors (Lipinski definition) is 1. The Bertz CT molecular complexity index is 523. The van der Waals surface area contributed by atoms with Crippen LogP contribution in [0, 0.1) is 5.41 Å². The second-order valence-electron chi connectivity index (χ2n) is 5.81. The van der Waals surface area contributed by atoms with Crippen molar-refractivity contribution >= 4 is 27.8 Å². The van der Waals surface area contributed by atoms with E-state index in [1.165, 1.54) is 0 Å². The summed E-state index contributed by atoms with van der Waals surface area (Å²) in [5.74, 6) is -0.905. The summed E-state index contributed by atoms with van der Waals surface area (Å²) in [6.07, 6.45) is 3.04. The van der Waals surface area contributed by atoms with Gasteiger partial charge in [0.15, 0.2) is 0 Å². The maximum atomic E-state index is 12.2. The van der Waals surface area contributed by atoms with Crippen molar-refractivity contribution in [3.63, 3.8) is 0 Å². The molecule has 1 saturated carbocycles. The molecule has 0 heterocycles. The maximum absolute atomic E-state index is 12.2. The van der Waals surface area contributed by atoms with Crippen molar-refractivity contribution in [2.45, 2.75) is 32.1 Å². The second kappa shape index (κ2) is 6.60. The predicted octanol–water partition coefficient (Wildman–Crippen LogP) is 3.10. The maximum Gasteiger partial charge on any atom is 0.310 e. The number of carbonyl (C=O) groups is 2. The molecule has 1 aromatic rings. The highest BCUT2D eigenvalue weighted by molar-refractivity contribution is 9.10. The SMILES string of the molecule is CN(CCc1ccc(Br)cc1)C(=O)CC1(C(=O)O)CCC1. The molecule has 0 aromatic heterocycles. The van der Waals surface area contributed by atoms with Gasteiger partial charge in [0.2, 0.25) is 5.91 Å². The lowest BCUT2D eigenvalue weighted by Gasteiger charge is -2.38. The fourth-order valence-electron chi connectivity index (χ4n) is 2.57. The van der Waals surface area contributed by atoms with Crippen LogP contribution >= 0.6 is 15.9 Å². The molecule has 0 spiro atoms. The Balaban J connectivity index is 1.85. The molecule has 1 aromatic carbocycles. The summed E-state index contributed by atoms with van der Waals surface area (Å²) in [5.41, 5.74) is 0.359. The van der Waals surface area contributed by atoms with Gasteiger partial charge in [0, 0.05) is 24.5 Å². The van der Waals surface area contributed by atoms with E-state index >= 15 is 0 Å². The molecule has 1 fully saturated rings. The summed E-state index contributed by atoms with van der Waals surface area (Å²) in [4.78, 5) is 25.1. The number of halogens is 1. The molecule has 0 unspecified atom stereocenters. The van der Waals surface area contributed by atoms with Crippen LogP contribution in [0.15, 0.2) is 28.7 Å². The molecule has 1 N–H and O–H groups in total. The van der Waals surface area contributed by atoms with Crippen molar-refractivity contribution in [3.8, 4) is 0 Å². The van der Waals surface area contributed by atoms with Crippen LogP contribution < -0.4 is 0 Å². The van der Waals surface area contributed by atoms with Crippen molar-refractivity contribution in [2.24, 2.45) is 5.41 Å². The van der Waals surface area contributed by atoms with E-state index < -0.39 is 11.4 Å². The van der Waals surface area contributed by atoms with E-state index in [2.05, 4.69) is 15.9 Å². The quantitative estimate of drug-likeness (QED) is 0.854. The summed E-state index contributed by atoms with van der Waals surface area (Å²) in [6.45, 7) is 0.607. The van der Waals surface area contributed by atoms with Crippen LogP contribution in [0.3, 0.4) is 0 Å². The smallest absolute Gasteiger partial charge is 0.310 e. The lowest BCUT2D eigenvalue weighted by atomic mass is 9.66. The number of carbonyl (C=O) groups excluding carboxylic acids is 1. The van der Waals surface area contributed by atoms with Crippen LogP contribution in [0.1, 0.15) is 31.2 Å². The average molecular weight is 354 g/mol. The van der Waals surface area contributed by atoms with Crippen LogP contribution in [-0.4, -0.2) is 35.5 Å². The first-order valence-corrected chi connectivity index (χ1v) is 7.94. The molecule has 0 bridgehead atoms. The number of benzene rings is 1. The zero-order chi connectivity index (χ0) is 15.5. The third-order valence-electron chi connectivity index (χ3n) is 4.33. The summed E-state index contributed by atoms with van der Waals surface area (Å²) >= 11 is 3.39. The molecule has 0 radical (unpaired) electrons. The topological polar surface area (TPSA) is 57.6 Å². The minimum atomic E-state index is -0.830. The number of aliphatic carboxylic acids is 1. The highest BCUT2D eigenvalue weighted by Crippen LogP contribution is 2.44. The Labute approximate surface area is 133 Å².